The number of aromatic amines is 1. The van der Waals surface area contributed by atoms with Crippen molar-refractivity contribution in [1.29, 1.82) is 0 Å². The monoisotopic (exact) mass is 222 g/mol. The Bertz CT molecular complexity index is 196. The van der Waals surface area contributed by atoms with Crippen molar-refractivity contribution in [2.24, 2.45) is 0 Å². The molecule has 0 aliphatic heterocycles. The summed E-state index contributed by atoms with van der Waals surface area (Å²) in [6.07, 6.45) is 2.33. The van der Waals surface area contributed by atoms with Crippen LogP contribution in [0.3, 0.4) is 0 Å². The van der Waals surface area contributed by atoms with E-state index in [4.69, 9.17) is 0 Å². The molecule has 0 saturated carbocycles. The number of carbonyl (C=O) groups is 1. The molecule has 0 bridgehead atoms. The molecule has 1 rings (SSSR count). The van der Waals surface area contributed by atoms with Crippen LogP contribution in [0.25, 0.3) is 0 Å². The van der Waals surface area contributed by atoms with Gasteiger partial charge in [-0.25, -0.2) is 0 Å². The van der Waals surface area contributed by atoms with E-state index in [0.29, 0.717) is 5.56 Å². The zero-order valence-electron chi connectivity index (χ0n) is 3.89. The van der Waals surface area contributed by atoms with E-state index in [0.717, 1.165) is 9.99 Å². The lowest BCUT2D eigenvalue weighted by Crippen LogP contribution is -1.76. The van der Waals surface area contributed by atoms with Crippen molar-refractivity contribution in [3.05, 3.63) is 15.5 Å². The van der Waals surface area contributed by atoms with Crippen LogP contribution in [0.1, 0.15) is 10.4 Å². The Morgan fingerprint density at radius 2 is 2.62 bits per heavy atom. The largest absolute Gasteiger partial charge is 0.298 e. The molecule has 1 aromatic rings. The number of aromatic nitrogens is 2. The van der Waals surface area contributed by atoms with Gasteiger partial charge < -0.3 is 0 Å². The molecule has 42 valence electrons. The van der Waals surface area contributed by atoms with Gasteiger partial charge in [-0.15, -0.1) is 0 Å². The highest BCUT2D eigenvalue weighted by atomic mass is 127. The van der Waals surface area contributed by atoms with Crippen LogP contribution < -0.4 is 0 Å². The molecule has 0 aromatic carbocycles. The molecule has 0 spiro atoms. The fourth-order valence-electron chi connectivity index (χ4n) is 0.365. The minimum atomic E-state index is 0.616. The maximum atomic E-state index is 10.0. The van der Waals surface area contributed by atoms with E-state index in [2.05, 4.69) is 10.2 Å². The van der Waals surface area contributed by atoms with E-state index in [-0.39, 0.29) is 0 Å². The van der Waals surface area contributed by atoms with Crippen molar-refractivity contribution in [2.75, 3.05) is 0 Å². The number of rotatable bonds is 1. The molecule has 3 nitrogen and oxygen atoms in total. The van der Waals surface area contributed by atoms with Gasteiger partial charge in [0.25, 0.3) is 0 Å². The molecule has 0 fully saturated rings. The number of nitrogens with zero attached hydrogens (tertiary/aromatic N) is 1. The smallest absolute Gasteiger partial charge is 0.154 e. The van der Waals surface area contributed by atoms with Gasteiger partial charge in [0.15, 0.2) is 6.29 Å². The van der Waals surface area contributed by atoms with E-state index >= 15 is 0 Å². The highest BCUT2D eigenvalue weighted by Crippen LogP contribution is 2.02. The maximum Gasteiger partial charge on any atom is 0.154 e. The van der Waals surface area contributed by atoms with Crippen LogP contribution >= 0.6 is 22.6 Å². The number of hydrogen-bond donors (Lipinski definition) is 1. The summed E-state index contributed by atoms with van der Waals surface area (Å²) >= 11 is 1.98. The Balaban J connectivity index is 3.09. The van der Waals surface area contributed by atoms with Gasteiger partial charge in [0.2, 0.25) is 0 Å². The molecule has 1 N–H and O–H groups in total. The Hall–Kier alpha value is -0.390. The summed E-state index contributed by atoms with van der Waals surface area (Å²) in [6, 6.07) is 0. The molecule has 4 heteroatoms. The first-order chi connectivity index (χ1) is 3.84. The maximum absolute atomic E-state index is 10.0. The molecular formula is C4H3IN2O. The second kappa shape index (κ2) is 2.25. The van der Waals surface area contributed by atoms with Gasteiger partial charge in [-0.1, -0.05) is 0 Å². The SMILES string of the molecule is O=Cc1c[nH]nc1I. The number of aldehydes is 1. The third kappa shape index (κ3) is 0.885. The summed E-state index contributed by atoms with van der Waals surface area (Å²) in [4.78, 5) is 10.0. The molecule has 0 radical (unpaired) electrons. The summed E-state index contributed by atoms with van der Waals surface area (Å²) in [6.45, 7) is 0. The average Bonchev–Trinajstić information content (AvgIpc) is 2.14. The molecule has 0 saturated heterocycles. The van der Waals surface area contributed by atoms with Crippen LogP contribution in [0, 0.1) is 3.70 Å². The molecule has 0 unspecified atom stereocenters. The van der Waals surface area contributed by atoms with Gasteiger partial charge in [0, 0.05) is 6.20 Å². The first-order valence-electron chi connectivity index (χ1n) is 1.99. The standard InChI is InChI=1S/C4H3IN2O/c5-4-3(2-8)1-6-7-4/h1-2H,(H,6,7). The molecule has 1 aromatic heterocycles. The van der Waals surface area contributed by atoms with Gasteiger partial charge in [-0.05, 0) is 22.6 Å². The Kier molecular flexibility index (Phi) is 1.62. The quantitative estimate of drug-likeness (QED) is 0.564. The topological polar surface area (TPSA) is 45.8 Å². The van der Waals surface area contributed by atoms with Crippen LogP contribution in [0.5, 0.6) is 0 Å². The summed E-state index contributed by atoms with van der Waals surface area (Å²) in [5.74, 6) is 0. The zero-order chi connectivity index (χ0) is 5.98. The predicted octanol–water partition coefficient (Wildman–Crippen LogP) is 0.827. The number of halogens is 1. The summed E-state index contributed by atoms with van der Waals surface area (Å²) in [5, 5.41) is 6.28. The summed E-state index contributed by atoms with van der Waals surface area (Å²) in [5.41, 5.74) is 0.616. The molecular weight excluding hydrogens is 219 g/mol. The van der Waals surface area contributed by atoms with Gasteiger partial charge in [0.05, 0.1) is 5.56 Å². The zero-order valence-corrected chi connectivity index (χ0v) is 6.05. The third-order valence-electron chi connectivity index (χ3n) is 0.748. The van der Waals surface area contributed by atoms with Gasteiger partial charge in [0.1, 0.15) is 3.70 Å². The highest BCUT2D eigenvalue weighted by molar-refractivity contribution is 14.1. The molecule has 8 heavy (non-hydrogen) atoms. The lowest BCUT2D eigenvalue weighted by Gasteiger charge is -1.73. The molecule has 0 aliphatic carbocycles. The van der Waals surface area contributed by atoms with Crippen molar-refractivity contribution in [1.82, 2.24) is 10.2 Å². The van der Waals surface area contributed by atoms with Crippen LogP contribution in [-0.4, -0.2) is 16.5 Å². The predicted molar refractivity (Wildman–Crippen MR) is 36.7 cm³/mol. The second-order valence-electron chi connectivity index (χ2n) is 1.25. The third-order valence-corrected chi connectivity index (χ3v) is 1.61. The van der Waals surface area contributed by atoms with Crippen LogP contribution in [0.15, 0.2) is 6.20 Å². The van der Waals surface area contributed by atoms with Crippen LogP contribution in [-0.2, 0) is 0 Å². The van der Waals surface area contributed by atoms with E-state index < -0.39 is 0 Å². The second-order valence-corrected chi connectivity index (χ2v) is 2.27. The van der Waals surface area contributed by atoms with Gasteiger partial charge in [-0.3, -0.25) is 9.89 Å². The Labute approximate surface area is 59.6 Å². The number of H-pyrrole nitrogens is 1. The lowest BCUT2D eigenvalue weighted by atomic mass is 10.4. The first-order valence-corrected chi connectivity index (χ1v) is 3.07. The summed E-state index contributed by atoms with van der Waals surface area (Å²) < 4.78 is 0.720. The van der Waals surface area contributed by atoms with E-state index in [1.54, 1.807) is 6.20 Å². The fraction of sp³-hybridized carbons (Fsp3) is 0. The average molecular weight is 222 g/mol. The number of nitrogens with one attached hydrogen (secondary N) is 1. The van der Waals surface area contributed by atoms with Crippen LogP contribution in [0.4, 0.5) is 0 Å². The Morgan fingerprint density at radius 1 is 1.88 bits per heavy atom. The van der Waals surface area contributed by atoms with E-state index in [1.807, 2.05) is 22.6 Å². The normalized spacial score (nSPS) is 9.12. The molecule has 0 amide bonds. The van der Waals surface area contributed by atoms with Gasteiger partial charge >= 0.3 is 0 Å². The molecule has 1 heterocycles. The minimum Gasteiger partial charge on any atom is -0.298 e. The van der Waals surface area contributed by atoms with Crippen molar-refractivity contribution in [2.45, 2.75) is 0 Å². The first kappa shape index (κ1) is 5.74. The molecule has 0 aliphatic rings. The van der Waals surface area contributed by atoms with Gasteiger partial charge in [-0.2, -0.15) is 5.10 Å². The Morgan fingerprint density at radius 3 is 2.88 bits per heavy atom. The fourth-order valence-corrected chi connectivity index (χ4v) is 0.787. The van der Waals surface area contributed by atoms with Crippen molar-refractivity contribution >= 4 is 28.9 Å². The van der Waals surface area contributed by atoms with Crippen LogP contribution in [0.2, 0.25) is 0 Å². The van der Waals surface area contributed by atoms with Crippen molar-refractivity contribution < 1.29 is 4.79 Å². The highest BCUT2D eigenvalue weighted by Gasteiger charge is 1.96. The van der Waals surface area contributed by atoms with Crippen molar-refractivity contribution in [3.8, 4) is 0 Å². The molecule has 0 atom stereocenters. The van der Waals surface area contributed by atoms with Crippen molar-refractivity contribution in [3.63, 3.8) is 0 Å². The van der Waals surface area contributed by atoms with E-state index in [1.165, 1.54) is 0 Å². The minimum absolute atomic E-state index is 0.616. The summed E-state index contributed by atoms with van der Waals surface area (Å²) in [7, 11) is 0. The number of hydrogen-bond acceptors (Lipinski definition) is 2. The lowest BCUT2D eigenvalue weighted by molar-refractivity contribution is 0.112. The van der Waals surface area contributed by atoms with E-state index in [9.17, 15) is 4.79 Å². The number of carbonyl (C=O) groups excluding carboxylic acids is 1.